The molecule has 0 saturated carbocycles. The second-order valence-electron chi connectivity index (χ2n) is 4.92. The van der Waals surface area contributed by atoms with Crippen LogP contribution in [0.25, 0.3) is 0 Å². The molecule has 1 aromatic carbocycles. The van der Waals surface area contributed by atoms with Crippen molar-refractivity contribution in [1.82, 2.24) is 10.6 Å². The molecule has 1 fully saturated rings. The lowest BCUT2D eigenvalue weighted by atomic mass is 9.98. The Morgan fingerprint density at radius 1 is 1.37 bits per heavy atom. The van der Waals surface area contributed by atoms with Crippen LogP contribution in [-0.4, -0.2) is 25.5 Å². The summed E-state index contributed by atoms with van der Waals surface area (Å²) in [7, 11) is 0. The van der Waals surface area contributed by atoms with Gasteiger partial charge < -0.3 is 10.6 Å². The zero-order chi connectivity index (χ0) is 13.0. The summed E-state index contributed by atoms with van der Waals surface area (Å²) >= 11 is 0. The summed E-state index contributed by atoms with van der Waals surface area (Å²) in [5.41, 5.74) is 1.17. The van der Waals surface area contributed by atoms with Crippen molar-refractivity contribution in [3.63, 3.8) is 0 Å². The fourth-order valence-electron chi connectivity index (χ4n) is 2.29. The van der Waals surface area contributed by atoms with Crippen LogP contribution < -0.4 is 10.6 Å². The Bertz CT molecular complexity index is 413. The summed E-state index contributed by atoms with van der Waals surface area (Å²) in [5.74, 6) is -0.0111. The predicted molar refractivity (Wildman–Crippen MR) is 76.3 cm³/mol. The van der Waals surface area contributed by atoms with Crippen molar-refractivity contribution in [2.75, 3.05) is 19.6 Å². The number of amides is 1. The van der Waals surface area contributed by atoms with Gasteiger partial charge in [0.2, 0.25) is 0 Å². The van der Waals surface area contributed by atoms with Crippen LogP contribution in [0.15, 0.2) is 18.2 Å². The zero-order valence-electron chi connectivity index (χ0n) is 11.0. The van der Waals surface area contributed by atoms with E-state index in [9.17, 15) is 9.18 Å². The topological polar surface area (TPSA) is 41.1 Å². The van der Waals surface area contributed by atoms with Crippen molar-refractivity contribution in [2.24, 2.45) is 5.92 Å². The zero-order valence-corrected chi connectivity index (χ0v) is 11.9. The maximum absolute atomic E-state index is 13.2. The summed E-state index contributed by atoms with van der Waals surface area (Å²) in [6.45, 7) is 4.49. The highest BCUT2D eigenvalue weighted by Crippen LogP contribution is 2.11. The number of piperidine rings is 1. The fraction of sp³-hybridized carbons (Fsp3) is 0.500. The smallest absolute Gasteiger partial charge is 0.251 e. The molecule has 0 bridgehead atoms. The first-order valence-corrected chi connectivity index (χ1v) is 6.41. The normalized spacial score (nSPS) is 15.7. The minimum absolute atomic E-state index is 0. The van der Waals surface area contributed by atoms with Gasteiger partial charge in [-0.2, -0.15) is 0 Å². The van der Waals surface area contributed by atoms with Crippen molar-refractivity contribution in [3.05, 3.63) is 35.1 Å². The number of nitrogens with one attached hydrogen (secondary N) is 2. The van der Waals surface area contributed by atoms with Gasteiger partial charge in [-0.3, -0.25) is 4.79 Å². The summed E-state index contributed by atoms with van der Waals surface area (Å²) < 4.78 is 13.2. The Kier molecular flexibility index (Phi) is 6.25. The quantitative estimate of drug-likeness (QED) is 0.895. The number of halogens is 2. The lowest BCUT2D eigenvalue weighted by molar-refractivity contribution is 0.0943. The van der Waals surface area contributed by atoms with E-state index in [1.807, 2.05) is 0 Å². The molecule has 19 heavy (non-hydrogen) atoms. The van der Waals surface area contributed by atoms with E-state index in [-0.39, 0.29) is 24.1 Å². The van der Waals surface area contributed by atoms with Crippen molar-refractivity contribution in [3.8, 4) is 0 Å². The maximum atomic E-state index is 13.2. The molecule has 1 heterocycles. The van der Waals surface area contributed by atoms with Crippen LogP contribution in [0.1, 0.15) is 28.8 Å². The van der Waals surface area contributed by atoms with Crippen LogP contribution in [0.4, 0.5) is 4.39 Å². The van der Waals surface area contributed by atoms with Gasteiger partial charge in [0, 0.05) is 12.1 Å². The molecule has 5 heteroatoms. The van der Waals surface area contributed by atoms with E-state index in [2.05, 4.69) is 10.6 Å². The van der Waals surface area contributed by atoms with Crippen molar-refractivity contribution >= 4 is 18.3 Å². The average molecular weight is 287 g/mol. The minimum Gasteiger partial charge on any atom is -0.352 e. The highest BCUT2D eigenvalue weighted by atomic mass is 35.5. The van der Waals surface area contributed by atoms with Crippen LogP contribution in [0.3, 0.4) is 0 Å². The number of hydrogen-bond acceptors (Lipinski definition) is 2. The Balaban J connectivity index is 0.00000180. The van der Waals surface area contributed by atoms with E-state index in [4.69, 9.17) is 0 Å². The number of aryl methyl sites for hydroxylation is 1. The molecule has 1 aliphatic rings. The van der Waals surface area contributed by atoms with E-state index in [0.717, 1.165) is 31.5 Å². The molecular formula is C14H20ClFN2O. The minimum atomic E-state index is -0.359. The Labute approximate surface area is 119 Å². The Hall–Kier alpha value is -1.13. The third kappa shape index (κ3) is 4.80. The molecule has 0 unspecified atom stereocenters. The first kappa shape index (κ1) is 15.9. The van der Waals surface area contributed by atoms with Gasteiger partial charge in [-0.25, -0.2) is 4.39 Å². The van der Waals surface area contributed by atoms with Crippen molar-refractivity contribution in [2.45, 2.75) is 19.8 Å². The molecule has 2 rings (SSSR count). The number of rotatable bonds is 3. The maximum Gasteiger partial charge on any atom is 0.251 e. The first-order valence-electron chi connectivity index (χ1n) is 6.41. The number of carbonyl (C=O) groups is 1. The highest BCUT2D eigenvalue weighted by molar-refractivity contribution is 5.94. The van der Waals surface area contributed by atoms with Gasteiger partial charge >= 0.3 is 0 Å². The Morgan fingerprint density at radius 2 is 2.05 bits per heavy atom. The van der Waals surface area contributed by atoms with Gasteiger partial charge in [-0.1, -0.05) is 0 Å². The molecule has 1 saturated heterocycles. The van der Waals surface area contributed by atoms with Crippen LogP contribution in [-0.2, 0) is 0 Å². The van der Waals surface area contributed by atoms with Crippen LogP contribution in [0, 0.1) is 18.7 Å². The fourth-order valence-corrected chi connectivity index (χ4v) is 2.29. The summed E-state index contributed by atoms with van der Waals surface area (Å²) in [6.07, 6.45) is 2.17. The van der Waals surface area contributed by atoms with Gasteiger partial charge in [-0.05, 0) is 62.5 Å². The van der Waals surface area contributed by atoms with E-state index in [0.29, 0.717) is 18.0 Å². The van der Waals surface area contributed by atoms with E-state index >= 15 is 0 Å². The molecule has 0 atom stereocenters. The lowest BCUT2D eigenvalue weighted by Gasteiger charge is -2.22. The van der Waals surface area contributed by atoms with E-state index in [1.165, 1.54) is 12.1 Å². The third-order valence-electron chi connectivity index (χ3n) is 3.31. The number of carbonyl (C=O) groups excluding carboxylic acids is 1. The molecule has 1 amide bonds. The molecule has 2 N–H and O–H groups in total. The molecular weight excluding hydrogens is 267 g/mol. The summed E-state index contributed by atoms with van der Waals surface area (Å²) in [4.78, 5) is 11.9. The van der Waals surface area contributed by atoms with E-state index < -0.39 is 0 Å². The molecule has 0 aromatic heterocycles. The molecule has 106 valence electrons. The Morgan fingerprint density at radius 3 is 2.68 bits per heavy atom. The lowest BCUT2D eigenvalue weighted by Crippen LogP contribution is -2.36. The van der Waals surface area contributed by atoms with Crippen LogP contribution >= 0.6 is 12.4 Å². The second kappa shape index (κ2) is 7.46. The summed E-state index contributed by atoms with van der Waals surface area (Å²) in [6, 6.07) is 4.41. The number of benzene rings is 1. The van der Waals surface area contributed by atoms with Gasteiger partial charge in [0.1, 0.15) is 5.82 Å². The average Bonchev–Trinajstić information content (AvgIpc) is 2.36. The third-order valence-corrected chi connectivity index (χ3v) is 3.31. The largest absolute Gasteiger partial charge is 0.352 e. The molecule has 0 spiro atoms. The van der Waals surface area contributed by atoms with Crippen LogP contribution in [0.2, 0.25) is 0 Å². The highest BCUT2D eigenvalue weighted by Gasteiger charge is 2.14. The predicted octanol–water partition coefficient (Wildman–Crippen LogP) is 2.29. The molecule has 3 nitrogen and oxygen atoms in total. The monoisotopic (exact) mass is 286 g/mol. The van der Waals surface area contributed by atoms with Gasteiger partial charge in [0.15, 0.2) is 0 Å². The first-order chi connectivity index (χ1) is 8.65. The summed E-state index contributed by atoms with van der Waals surface area (Å²) in [5, 5.41) is 6.18. The van der Waals surface area contributed by atoms with Gasteiger partial charge in [0.05, 0.1) is 0 Å². The number of hydrogen-bond donors (Lipinski definition) is 2. The standard InChI is InChI=1S/C14H19FN2O.ClH/c1-10-6-12(8-13(15)7-10)14(18)17-9-11-2-4-16-5-3-11;/h6-8,11,16H,2-5,9H2,1H3,(H,17,18);1H. The van der Waals surface area contributed by atoms with E-state index in [1.54, 1.807) is 13.0 Å². The second-order valence-corrected chi connectivity index (χ2v) is 4.92. The SMILES string of the molecule is Cc1cc(F)cc(C(=O)NCC2CCNCC2)c1.Cl. The van der Waals surface area contributed by atoms with Crippen molar-refractivity contribution < 1.29 is 9.18 Å². The van der Waals surface area contributed by atoms with Crippen LogP contribution in [0.5, 0.6) is 0 Å². The van der Waals surface area contributed by atoms with Gasteiger partial charge in [-0.15, -0.1) is 12.4 Å². The molecule has 0 aliphatic carbocycles. The molecule has 1 aromatic rings. The van der Waals surface area contributed by atoms with Crippen molar-refractivity contribution in [1.29, 1.82) is 0 Å². The molecule has 0 radical (unpaired) electrons. The molecule has 1 aliphatic heterocycles. The van der Waals surface area contributed by atoms with Gasteiger partial charge in [0.25, 0.3) is 5.91 Å².